The number of aliphatic hydroxyl groups excluding tert-OH is 1. The average molecular weight is 462 g/mol. The summed E-state index contributed by atoms with van der Waals surface area (Å²) in [5.74, 6) is -0.595. The molecule has 2 heterocycles. The quantitative estimate of drug-likeness (QED) is 0.269. The molecule has 1 aliphatic rings. The van der Waals surface area contributed by atoms with Gasteiger partial charge in [0.2, 0.25) is 0 Å². The summed E-state index contributed by atoms with van der Waals surface area (Å²) in [4.78, 5) is 28.8. The van der Waals surface area contributed by atoms with Gasteiger partial charge in [0.15, 0.2) is 0 Å². The summed E-state index contributed by atoms with van der Waals surface area (Å²) in [6.45, 7) is 8.45. The zero-order valence-electron chi connectivity index (χ0n) is 19.2. The molecule has 5 nitrogen and oxygen atoms in total. The molecule has 1 aliphatic heterocycles. The zero-order chi connectivity index (χ0) is 23.7. The summed E-state index contributed by atoms with van der Waals surface area (Å²) < 4.78 is 5.74. The second-order valence-electron chi connectivity index (χ2n) is 8.31. The van der Waals surface area contributed by atoms with Crippen LogP contribution in [0.2, 0.25) is 0 Å². The Balaban J connectivity index is 1.91. The number of hydrogen-bond acceptors (Lipinski definition) is 5. The highest BCUT2D eigenvalue weighted by Gasteiger charge is 2.47. The first-order valence-electron chi connectivity index (χ1n) is 11.0. The number of anilines is 1. The predicted octanol–water partition coefficient (Wildman–Crippen LogP) is 6.20. The van der Waals surface area contributed by atoms with Crippen molar-refractivity contribution in [3.8, 4) is 5.75 Å². The van der Waals surface area contributed by atoms with Crippen LogP contribution in [0.15, 0.2) is 65.6 Å². The maximum Gasteiger partial charge on any atom is 0.300 e. The normalized spacial score (nSPS) is 17.7. The van der Waals surface area contributed by atoms with Gasteiger partial charge in [-0.1, -0.05) is 38.1 Å². The van der Waals surface area contributed by atoms with Crippen molar-refractivity contribution in [2.24, 2.45) is 0 Å². The van der Waals surface area contributed by atoms with Crippen molar-refractivity contribution >= 4 is 34.5 Å². The number of aryl methyl sites for hydroxylation is 1. The SMILES string of the molecule is CCOc1ccc(/C(O)=C2/C(=O)C(=O)N(c3ccccc3C)C2c2cccs2)cc1C(C)C. The molecule has 4 rings (SSSR count). The molecule has 1 atom stereocenters. The van der Waals surface area contributed by atoms with E-state index in [4.69, 9.17) is 4.74 Å². The van der Waals surface area contributed by atoms with E-state index in [1.165, 1.54) is 16.2 Å². The first kappa shape index (κ1) is 22.8. The van der Waals surface area contributed by atoms with Crippen LogP contribution >= 0.6 is 11.3 Å². The van der Waals surface area contributed by atoms with Crippen LogP contribution in [-0.2, 0) is 9.59 Å². The largest absolute Gasteiger partial charge is 0.507 e. The third-order valence-corrected chi connectivity index (χ3v) is 6.76. The van der Waals surface area contributed by atoms with Gasteiger partial charge >= 0.3 is 0 Å². The number of ether oxygens (including phenoxy) is 1. The van der Waals surface area contributed by atoms with Crippen molar-refractivity contribution in [2.75, 3.05) is 11.5 Å². The van der Waals surface area contributed by atoms with Crippen molar-refractivity contribution in [2.45, 2.75) is 39.7 Å². The number of amides is 1. The highest BCUT2D eigenvalue weighted by molar-refractivity contribution is 7.10. The van der Waals surface area contributed by atoms with Gasteiger partial charge in [0.25, 0.3) is 11.7 Å². The van der Waals surface area contributed by atoms with Gasteiger partial charge in [0, 0.05) is 16.1 Å². The fraction of sp³-hybridized carbons (Fsp3) is 0.259. The third-order valence-electron chi connectivity index (χ3n) is 5.84. The highest BCUT2D eigenvalue weighted by atomic mass is 32.1. The van der Waals surface area contributed by atoms with Gasteiger partial charge in [-0.2, -0.15) is 0 Å². The Morgan fingerprint density at radius 1 is 1.12 bits per heavy atom. The van der Waals surface area contributed by atoms with E-state index in [2.05, 4.69) is 0 Å². The number of ketones is 1. The molecule has 0 radical (unpaired) electrons. The lowest BCUT2D eigenvalue weighted by Crippen LogP contribution is -2.29. The van der Waals surface area contributed by atoms with E-state index in [-0.39, 0.29) is 17.3 Å². The maximum absolute atomic E-state index is 13.3. The van der Waals surface area contributed by atoms with Gasteiger partial charge in [0.05, 0.1) is 12.2 Å². The van der Waals surface area contributed by atoms with Gasteiger partial charge in [0.1, 0.15) is 17.6 Å². The number of hydrogen-bond donors (Lipinski definition) is 1. The molecule has 1 unspecified atom stereocenters. The first-order chi connectivity index (χ1) is 15.8. The number of thiophene rings is 1. The minimum atomic E-state index is -0.694. The van der Waals surface area contributed by atoms with E-state index in [1.54, 1.807) is 6.07 Å². The van der Waals surface area contributed by atoms with Crippen LogP contribution in [0.1, 0.15) is 54.3 Å². The van der Waals surface area contributed by atoms with Gasteiger partial charge in [-0.15, -0.1) is 11.3 Å². The van der Waals surface area contributed by atoms with Crippen molar-refractivity contribution in [3.05, 3.63) is 87.1 Å². The number of rotatable bonds is 6. The van der Waals surface area contributed by atoms with Crippen LogP contribution in [0, 0.1) is 6.92 Å². The summed E-state index contributed by atoms with van der Waals surface area (Å²) in [6.07, 6.45) is 0. The molecule has 1 fully saturated rings. The highest BCUT2D eigenvalue weighted by Crippen LogP contribution is 2.44. The summed E-state index contributed by atoms with van der Waals surface area (Å²) in [5.41, 5.74) is 3.06. The van der Waals surface area contributed by atoms with Crippen molar-refractivity contribution < 1.29 is 19.4 Å². The molecule has 1 aromatic heterocycles. The minimum Gasteiger partial charge on any atom is -0.507 e. The van der Waals surface area contributed by atoms with Crippen molar-refractivity contribution in [3.63, 3.8) is 0 Å². The Bertz CT molecular complexity index is 1230. The molecule has 1 saturated heterocycles. The number of nitrogens with zero attached hydrogens (tertiary/aromatic N) is 1. The van der Waals surface area contributed by atoms with Crippen LogP contribution in [0.3, 0.4) is 0 Å². The third kappa shape index (κ3) is 4.07. The van der Waals surface area contributed by atoms with E-state index in [0.29, 0.717) is 17.9 Å². The van der Waals surface area contributed by atoms with Crippen LogP contribution < -0.4 is 9.64 Å². The van der Waals surface area contributed by atoms with Crippen LogP contribution in [-0.4, -0.2) is 23.4 Å². The number of carbonyl (C=O) groups excluding carboxylic acids is 2. The minimum absolute atomic E-state index is 0.101. The Hall–Kier alpha value is -3.38. The lowest BCUT2D eigenvalue weighted by molar-refractivity contribution is -0.132. The van der Waals surface area contributed by atoms with Crippen LogP contribution in [0.4, 0.5) is 5.69 Å². The second kappa shape index (κ2) is 9.24. The van der Waals surface area contributed by atoms with Gasteiger partial charge in [-0.3, -0.25) is 14.5 Å². The lowest BCUT2D eigenvalue weighted by Gasteiger charge is -2.25. The molecule has 0 spiro atoms. The number of Topliss-reactive ketones (excluding diaryl/α,β-unsaturated/α-hetero) is 1. The second-order valence-corrected chi connectivity index (χ2v) is 9.29. The van der Waals surface area contributed by atoms with Crippen LogP contribution in [0.25, 0.3) is 5.76 Å². The van der Waals surface area contributed by atoms with E-state index in [0.717, 1.165) is 21.8 Å². The van der Waals surface area contributed by atoms with Gasteiger partial charge in [-0.05, 0) is 66.6 Å². The molecule has 0 saturated carbocycles. The number of para-hydroxylation sites is 1. The summed E-state index contributed by atoms with van der Waals surface area (Å²) >= 11 is 1.45. The van der Waals surface area contributed by atoms with E-state index in [9.17, 15) is 14.7 Å². The van der Waals surface area contributed by atoms with Gasteiger partial charge in [-0.25, -0.2) is 0 Å². The Labute approximate surface area is 197 Å². The first-order valence-corrected chi connectivity index (χ1v) is 11.9. The fourth-order valence-corrected chi connectivity index (χ4v) is 5.04. The Morgan fingerprint density at radius 3 is 2.52 bits per heavy atom. The number of carbonyl (C=O) groups is 2. The topological polar surface area (TPSA) is 66.8 Å². The van der Waals surface area contributed by atoms with E-state index in [1.807, 2.05) is 81.6 Å². The molecular formula is C27H27NO4S. The smallest absolute Gasteiger partial charge is 0.300 e. The average Bonchev–Trinajstić information content (AvgIpc) is 3.41. The number of benzene rings is 2. The number of aliphatic hydroxyl groups is 1. The molecule has 1 amide bonds. The fourth-order valence-electron chi connectivity index (χ4n) is 4.22. The van der Waals surface area contributed by atoms with E-state index >= 15 is 0 Å². The zero-order valence-corrected chi connectivity index (χ0v) is 20.0. The Morgan fingerprint density at radius 2 is 1.88 bits per heavy atom. The lowest BCUT2D eigenvalue weighted by atomic mass is 9.95. The molecule has 170 valence electrons. The molecular weight excluding hydrogens is 434 g/mol. The molecule has 6 heteroatoms. The monoisotopic (exact) mass is 461 g/mol. The maximum atomic E-state index is 13.3. The van der Waals surface area contributed by atoms with Crippen molar-refractivity contribution in [1.82, 2.24) is 0 Å². The molecule has 1 N–H and O–H groups in total. The molecule has 0 aliphatic carbocycles. The molecule has 3 aromatic rings. The molecule has 0 bridgehead atoms. The molecule has 2 aromatic carbocycles. The summed E-state index contributed by atoms with van der Waals surface area (Å²) in [7, 11) is 0. The predicted molar refractivity (Wildman–Crippen MR) is 132 cm³/mol. The summed E-state index contributed by atoms with van der Waals surface area (Å²) in [5, 5.41) is 13.3. The van der Waals surface area contributed by atoms with Crippen LogP contribution in [0.5, 0.6) is 5.75 Å². The standard InChI is InChI=1S/C27H27NO4S/c1-5-32-21-13-12-18(15-19(21)16(2)3)25(29)23-24(22-11-8-14-33-22)28(27(31)26(23)30)20-10-7-6-9-17(20)4/h6-16,24,29H,5H2,1-4H3/b25-23-. The van der Waals surface area contributed by atoms with Crippen molar-refractivity contribution in [1.29, 1.82) is 0 Å². The molecule has 33 heavy (non-hydrogen) atoms. The Kier molecular flexibility index (Phi) is 6.38. The van der Waals surface area contributed by atoms with Gasteiger partial charge < -0.3 is 9.84 Å². The van der Waals surface area contributed by atoms with E-state index < -0.39 is 17.7 Å². The summed E-state index contributed by atoms with van der Waals surface area (Å²) in [6, 6.07) is 15.9.